The Morgan fingerprint density at radius 2 is 1.82 bits per heavy atom. The van der Waals surface area contributed by atoms with Crippen molar-refractivity contribution in [1.82, 2.24) is 0 Å². The zero-order chi connectivity index (χ0) is 8.27. The van der Waals surface area contributed by atoms with Crippen LogP contribution >= 0.6 is 12.6 Å². The highest BCUT2D eigenvalue weighted by Crippen LogP contribution is 2.22. The van der Waals surface area contributed by atoms with Crippen LogP contribution in [0.5, 0.6) is 0 Å². The monoisotopic (exact) mass is 165 g/mol. The summed E-state index contributed by atoms with van der Waals surface area (Å²) in [4.78, 5) is 0. The van der Waals surface area contributed by atoms with Gasteiger partial charge in [0.15, 0.2) is 0 Å². The molecule has 0 aliphatic carbocycles. The van der Waals surface area contributed by atoms with Crippen LogP contribution in [0.4, 0.5) is 0 Å². The predicted octanol–water partition coefficient (Wildman–Crippen LogP) is 3.64. The fraction of sp³-hybridized carbons (Fsp3) is 0.400. The largest absolute Gasteiger partial charge is 0.0853 e. The van der Waals surface area contributed by atoms with Crippen LogP contribution in [-0.4, -0.2) is 0 Å². The van der Waals surface area contributed by atoms with Gasteiger partial charge in [0.05, 0.1) is 0 Å². The van der Waals surface area contributed by atoms with Crippen LogP contribution < -0.4 is 0 Å². The van der Waals surface area contributed by atoms with Gasteiger partial charge >= 0.3 is 0 Å². The molecule has 1 radical (unpaired) electrons. The molecule has 11 heavy (non-hydrogen) atoms. The second-order valence-corrected chi connectivity index (χ2v) is 3.38. The van der Waals surface area contributed by atoms with E-state index in [-0.39, 0.29) is 5.25 Å². The Bertz CT molecular complexity index is 213. The Kier molecular flexibility index (Phi) is 3.01. The Hall–Kier alpha value is -0.430. The van der Waals surface area contributed by atoms with Gasteiger partial charge in [-0.05, 0) is 18.9 Å². The zero-order valence-corrected chi connectivity index (χ0v) is 7.82. The molecular formula is C10H13S. The number of aryl methyl sites for hydroxylation is 1. The maximum Gasteiger partial charge on any atom is 0.0398 e. The van der Waals surface area contributed by atoms with Crippen LogP contribution in [0.3, 0.4) is 0 Å². The van der Waals surface area contributed by atoms with Crippen molar-refractivity contribution in [2.24, 2.45) is 0 Å². The molecule has 0 saturated heterocycles. The molecule has 1 aromatic carbocycles. The fourth-order valence-electron chi connectivity index (χ4n) is 1.02. The Labute approximate surface area is 74.0 Å². The molecule has 0 amide bonds. The van der Waals surface area contributed by atoms with Crippen molar-refractivity contribution < 1.29 is 0 Å². The molecule has 0 bridgehead atoms. The molecule has 59 valence electrons. The second-order valence-electron chi connectivity index (χ2n) is 2.81. The number of hydrogen-bond donors (Lipinski definition) is 0. The van der Waals surface area contributed by atoms with Crippen molar-refractivity contribution in [2.75, 3.05) is 0 Å². The lowest BCUT2D eigenvalue weighted by molar-refractivity contribution is 0.902. The number of benzene rings is 1. The zero-order valence-electron chi connectivity index (χ0n) is 7.00. The summed E-state index contributed by atoms with van der Waals surface area (Å²) < 4.78 is 0. The van der Waals surface area contributed by atoms with E-state index in [1.54, 1.807) is 0 Å². The lowest BCUT2D eigenvalue weighted by atomic mass is 10.1. The first-order valence-electron chi connectivity index (χ1n) is 3.96. The highest BCUT2D eigenvalue weighted by molar-refractivity contribution is 7.80. The molecule has 0 aliphatic heterocycles. The molecular weight excluding hydrogens is 152 g/mol. The molecule has 1 rings (SSSR count). The minimum atomic E-state index is 0.288. The van der Waals surface area contributed by atoms with E-state index in [0.717, 1.165) is 6.42 Å². The van der Waals surface area contributed by atoms with Crippen molar-refractivity contribution >= 4 is 12.6 Å². The third kappa shape index (κ3) is 2.26. The van der Waals surface area contributed by atoms with Crippen molar-refractivity contribution in [3.8, 4) is 0 Å². The second kappa shape index (κ2) is 3.82. The standard InChI is InChI=1S/C10H13S/c1-3-10(11)9-6-4-8(2)5-7-9/h4-7,10H,3H2,1-2H3. The average molecular weight is 165 g/mol. The maximum absolute atomic E-state index is 5.25. The minimum Gasteiger partial charge on any atom is -0.0853 e. The summed E-state index contributed by atoms with van der Waals surface area (Å²) in [7, 11) is 0. The SMILES string of the molecule is CCC([S])c1ccc(C)cc1. The van der Waals surface area contributed by atoms with E-state index >= 15 is 0 Å². The highest BCUT2D eigenvalue weighted by atomic mass is 32.1. The first-order valence-corrected chi connectivity index (χ1v) is 4.43. The molecule has 1 heteroatoms. The average Bonchev–Trinajstić information content (AvgIpc) is 2.05. The molecule has 1 atom stereocenters. The van der Waals surface area contributed by atoms with E-state index < -0.39 is 0 Å². The van der Waals surface area contributed by atoms with Gasteiger partial charge in [-0.1, -0.05) is 49.4 Å². The summed E-state index contributed by atoms with van der Waals surface area (Å²) in [5.41, 5.74) is 2.57. The van der Waals surface area contributed by atoms with Gasteiger partial charge in [-0.25, -0.2) is 0 Å². The summed E-state index contributed by atoms with van der Waals surface area (Å²) in [5, 5.41) is 0.288. The van der Waals surface area contributed by atoms with Gasteiger partial charge < -0.3 is 0 Å². The lowest BCUT2D eigenvalue weighted by Gasteiger charge is -2.06. The summed E-state index contributed by atoms with van der Waals surface area (Å²) >= 11 is 5.25. The first-order chi connectivity index (χ1) is 5.24. The van der Waals surface area contributed by atoms with Gasteiger partial charge in [-0.3, -0.25) is 0 Å². The Morgan fingerprint density at radius 1 is 1.27 bits per heavy atom. The van der Waals surface area contributed by atoms with Crippen LogP contribution in [0.2, 0.25) is 0 Å². The minimum absolute atomic E-state index is 0.288. The van der Waals surface area contributed by atoms with Gasteiger partial charge in [0, 0.05) is 5.25 Å². The van der Waals surface area contributed by atoms with Gasteiger partial charge in [0.25, 0.3) is 0 Å². The molecule has 1 unspecified atom stereocenters. The van der Waals surface area contributed by atoms with Crippen LogP contribution in [0.25, 0.3) is 0 Å². The third-order valence-corrected chi connectivity index (χ3v) is 2.43. The molecule has 0 nitrogen and oxygen atoms in total. The summed E-state index contributed by atoms with van der Waals surface area (Å²) in [6.45, 7) is 4.21. The molecule has 0 saturated carbocycles. The van der Waals surface area contributed by atoms with Crippen LogP contribution in [0.15, 0.2) is 24.3 Å². The van der Waals surface area contributed by atoms with Crippen molar-refractivity contribution in [2.45, 2.75) is 25.5 Å². The summed E-state index contributed by atoms with van der Waals surface area (Å²) in [6.07, 6.45) is 1.04. The topological polar surface area (TPSA) is 0 Å². The molecule has 0 spiro atoms. The quantitative estimate of drug-likeness (QED) is 0.627. The van der Waals surface area contributed by atoms with E-state index in [4.69, 9.17) is 12.6 Å². The molecule has 1 aromatic rings. The van der Waals surface area contributed by atoms with Gasteiger partial charge in [0.1, 0.15) is 0 Å². The maximum atomic E-state index is 5.25. The van der Waals surface area contributed by atoms with E-state index in [9.17, 15) is 0 Å². The van der Waals surface area contributed by atoms with Crippen molar-refractivity contribution in [1.29, 1.82) is 0 Å². The van der Waals surface area contributed by atoms with E-state index in [1.807, 2.05) is 0 Å². The first kappa shape index (κ1) is 8.66. The molecule has 0 aliphatic rings. The Morgan fingerprint density at radius 3 is 2.27 bits per heavy atom. The van der Waals surface area contributed by atoms with Crippen LogP contribution in [0.1, 0.15) is 29.7 Å². The van der Waals surface area contributed by atoms with E-state index in [0.29, 0.717) is 0 Å². The third-order valence-electron chi connectivity index (χ3n) is 1.82. The predicted molar refractivity (Wildman–Crippen MR) is 51.8 cm³/mol. The molecule has 0 aromatic heterocycles. The van der Waals surface area contributed by atoms with E-state index in [2.05, 4.69) is 38.1 Å². The summed E-state index contributed by atoms with van der Waals surface area (Å²) in [6, 6.07) is 8.47. The van der Waals surface area contributed by atoms with E-state index in [1.165, 1.54) is 11.1 Å². The molecule has 0 heterocycles. The normalized spacial score (nSPS) is 13.0. The van der Waals surface area contributed by atoms with Crippen LogP contribution in [0, 0.1) is 6.92 Å². The Balaban J connectivity index is 2.81. The molecule has 0 fully saturated rings. The lowest BCUT2D eigenvalue weighted by Crippen LogP contribution is -1.87. The number of hydrogen-bond acceptors (Lipinski definition) is 0. The fourth-order valence-corrected chi connectivity index (χ4v) is 1.17. The van der Waals surface area contributed by atoms with Crippen molar-refractivity contribution in [3.05, 3.63) is 35.4 Å². The van der Waals surface area contributed by atoms with Gasteiger partial charge in [0.2, 0.25) is 0 Å². The molecule has 0 N–H and O–H groups in total. The van der Waals surface area contributed by atoms with Crippen LogP contribution in [-0.2, 0) is 0 Å². The van der Waals surface area contributed by atoms with Gasteiger partial charge in [-0.2, -0.15) is 0 Å². The highest BCUT2D eigenvalue weighted by Gasteiger charge is 2.02. The van der Waals surface area contributed by atoms with Crippen molar-refractivity contribution in [3.63, 3.8) is 0 Å². The smallest absolute Gasteiger partial charge is 0.0398 e. The number of rotatable bonds is 2. The summed E-state index contributed by atoms with van der Waals surface area (Å²) in [5.74, 6) is 0. The van der Waals surface area contributed by atoms with Gasteiger partial charge in [-0.15, -0.1) is 0 Å².